The number of carbonyl (C=O) groups is 2. The fourth-order valence-electron chi connectivity index (χ4n) is 4.10. The maximum absolute atomic E-state index is 13.4. The molecule has 0 spiro atoms. The Kier molecular flexibility index (Phi) is 8.39. The maximum atomic E-state index is 13.4. The zero-order chi connectivity index (χ0) is 22.4. The summed E-state index contributed by atoms with van der Waals surface area (Å²) >= 11 is 12.2. The Labute approximate surface area is 194 Å². The monoisotopic (exact) mass is 460 g/mol. The van der Waals surface area contributed by atoms with Crippen molar-refractivity contribution in [3.63, 3.8) is 0 Å². The van der Waals surface area contributed by atoms with Gasteiger partial charge in [-0.1, -0.05) is 78.9 Å². The third-order valence-electron chi connectivity index (χ3n) is 5.90. The molecule has 0 bridgehead atoms. The standard InChI is InChI=1S/C25H30Cl2N2O2/c1-3-23(25(31)28-20-6-4-5-7-20)29(16-18-10-8-17(2)9-11-18)24(30)15-19-12-13-21(26)22(27)14-19/h8-14,20,23H,3-7,15-16H2,1-2H3,(H,28,31). The first-order valence-electron chi connectivity index (χ1n) is 11.0. The molecule has 2 aromatic rings. The number of nitrogens with one attached hydrogen (secondary N) is 1. The van der Waals surface area contributed by atoms with Crippen LogP contribution in [-0.2, 0) is 22.6 Å². The molecule has 6 heteroatoms. The Morgan fingerprint density at radius 2 is 1.68 bits per heavy atom. The van der Waals surface area contributed by atoms with Crippen LogP contribution in [0.4, 0.5) is 0 Å². The van der Waals surface area contributed by atoms with Crippen LogP contribution in [0.5, 0.6) is 0 Å². The molecule has 31 heavy (non-hydrogen) atoms. The first-order chi connectivity index (χ1) is 14.9. The van der Waals surface area contributed by atoms with Crippen LogP contribution in [0.2, 0.25) is 10.0 Å². The number of aryl methyl sites for hydroxylation is 1. The van der Waals surface area contributed by atoms with Gasteiger partial charge in [-0.15, -0.1) is 0 Å². The lowest BCUT2D eigenvalue weighted by Crippen LogP contribution is -2.51. The van der Waals surface area contributed by atoms with Crippen LogP contribution < -0.4 is 5.32 Å². The molecule has 2 amide bonds. The van der Waals surface area contributed by atoms with E-state index in [1.165, 1.54) is 0 Å². The number of benzene rings is 2. The highest BCUT2D eigenvalue weighted by atomic mass is 35.5. The van der Waals surface area contributed by atoms with E-state index in [2.05, 4.69) is 5.32 Å². The van der Waals surface area contributed by atoms with Crippen LogP contribution in [0.1, 0.15) is 55.7 Å². The SMILES string of the molecule is CCC(C(=O)NC1CCCC1)N(Cc1ccc(C)cc1)C(=O)Cc1ccc(Cl)c(Cl)c1. The molecule has 1 N–H and O–H groups in total. The van der Waals surface area contributed by atoms with Gasteiger partial charge in [0.1, 0.15) is 6.04 Å². The normalized spacial score (nSPS) is 15.0. The molecule has 3 rings (SSSR count). The lowest BCUT2D eigenvalue weighted by molar-refractivity contribution is -0.141. The minimum atomic E-state index is -0.517. The molecule has 0 aliphatic heterocycles. The van der Waals surface area contributed by atoms with Gasteiger partial charge >= 0.3 is 0 Å². The molecule has 2 aromatic carbocycles. The summed E-state index contributed by atoms with van der Waals surface area (Å²) in [4.78, 5) is 28.2. The summed E-state index contributed by atoms with van der Waals surface area (Å²) in [7, 11) is 0. The van der Waals surface area contributed by atoms with E-state index in [0.29, 0.717) is 23.0 Å². The average molecular weight is 461 g/mol. The largest absolute Gasteiger partial charge is 0.352 e. The summed E-state index contributed by atoms with van der Waals surface area (Å²) < 4.78 is 0. The van der Waals surface area contributed by atoms with Gasteiger partial charge in [0.15, 0.2) is 0 Å². The number of hydrogen-bond acceptors (Lipinski definition) is 2. The maximum Gasteiger partial charge on any atom is 0.243 e. The molecule has 1 aliphatic carbocycles. The first-order valence-corrected chi connectivity index (χ1v) is 11.7. The van der Waals surface area contributed by atoms with Crippen molar-refractivity contribution < 1.29 is 9.59 Å². The van der Waals surface area contributed by atoms with E-state index >= 15 is 0 Å². The average Bonchev–Trinajstić information content (AvgIpc) is 3.25. The molecule has 4 nitrogen and oxygen atoms in total. The van der Waals surface area contributed by atoms with Crippen molar-refractivity contribution in [1.82, 2.24) is 10.2 Å². The number of carbonyl (C=O) groups excluding carboxylic acids is 2. The molecule has 1 atom stereocenters. The van der Waals surface area contributed by atoms with Crippen LogP contribution in [0.15, 0.2) is 42.5 Å². The Bertz CT molecular complexity index is 908. The van der Waals surface area contributed by atoms with E-state index in [-0.39, 0.29) is 24.3 Å². The molecule has 0 radical (unpaired) electrons. The highest BCUT2D eigenvalue weighted by Crippen LogP contribution is 2.24. The summed E-state index contributed by atoms with van der Waals surface area (Å²) in [5, 5.41) is 4.04. The summed E-state index contributed by atoms with van der Waals surface area (Å²) in [6.07, 6.45) is 5.03. The molecule has 0 aromatic heterocycles. The third kappa shape index (κ3) is 6.47. The molecule has 1 saturated carbocycles. The molecular weight excluding hydrogens is 431 g/mol. The smallest absolute Gasteiger partial charge is 0.243 e. The van der Waals surface area contributed by atoms with E-state index < -0.39 is 6.04 Å². The van der Waals surface area contributed by atoms with Crippen LogP contribution >= 0.6 is 23.2 Å². The predicted octanol–water partition coefficient (Wildman–Crippen LogP) is 5.71. The van der Waals surface area contributed by atoms with Crippen molar-refractivity contribution in [3.05, 3.63) is 69.2 Å². The van der Waals surface area contributed by atoms with Crippen LogP contribution in [-0.4, -0.2) is 28.8 Å². The molecular formula is C25H30Cl2N2O2. The highest BCUT2D eigenvalue weighted by Gasteiger charge is 2.30. The first kappa shape index (κ1) is 23.6. The summed E-state index contributed by atoms with van der Waals surface area (Å²) in [5.74, 6) is -0.170. The van der Waals surface area contributed by atoms with Crippen molar-refractivity contribution in [1.29, 1.82) is 0 Å². The Morgan fingerprint density at radius 1 is 1.03 bits per heavy atom. The van der Waals surface area contributed by atoms with Gasteiger partial charge in [0.25, 0.3) is 0 Å². The van der Waals surface area contributed by atoms with Gasteiger partial charge in [-0.2, -0.15) is 0 Å². The van der Waals surface area contributed by atoms with Crippen molar-refractivity contribution >= 4 is 35.0 Å². The quantitative estimate of drug-likeness (QED) is 0.548. The third-order valence-corrected chi connectivity index (χ3v) is 6.64. The predicted molar refractivity (Wildman–Crippen MR) is 126 cm³/mol. The van der Waals surface area contributed by atoms with E-state index in [1.54, 1.807) is 23.1 Å². The van der Waals surface area contributed by atoms with Gasteiger partial charge in [0.05, 0.1) is 16.5 Å². The molecule has 1 aliphatic rings. The molecule has 0 heterocycles. The second-order valence-electron chi connectivity index (χ2n) is 8.35. The lowest BCUT2D eigenvalue weighted by Gasteiger charge is -2.31. The van der Waals surface area contributed by atoms with Gasteiger partial charge < -0.3 is 10.2 Å². The van der Waals surface area contributed by atoms with Gasteiger partial charge in [0, 0.05) is 12.6 Å². The van der Waals surface area contributed by atoms with E-state index in [9.17, 15) is 9.59 Å². The van der Waals surface area contributed by atoms with Gasteiger partial charge in [-0.25, -0.2) is 0 Å². The zero-order valence-electron chi connectivity index (χ0n) is 18.2. The number of halogens is 2. The summed E-state index contributed by atoms with van der Waals surface area (Å²) in [5.41, 5.74) is 2.93. The number of nitrogens with zero attached hydrogens (tertiary/aromatic N) is 1. The topological polar surface area (TPSA) is 49.4 Å². The Morgan fingerprint density at radius 3 is 2.29 bits per heavy atom. The Balaban J connectivity index is 1.82. The van der Waals surface area contributed by atoms with E-state index in [1.807, 2.05) is 38.1 Å². The van der Waals surface area contributed by atoms with Crippen LogP contribution in [0, 0.1) is 6.92 Å². The van der Waals surface area contributed by atoms with Gasteiger partial charge in [0.2, 0.25) is 11.8 Å². The van der Waals surface area contributed by atoms with Crippen molar-refractivity contribution in [2.45, 2.75) is 71.0 Å². The molecule has 1 unspecified atom stereocenters. The lowest BCUT2D eigenvalue weighted by atomic mass is 10.1. The molecule has 1 fully saturated rings. The summed E-state index contributed by atoms with van der Waals surface area (Å²) in [6, 6.07) is 13.0. The van der Waals surface area contributed by atoms with E-state index in [4.69, 9.17) is 23.2 Å². The highest BCUT2D eigenvalue weighted by molar-refractivity contribution is 6.42. The number of hydrogen-bond donors (Lipinski definition) is 1. The molecule has 166 valence electrons. The van der Waals surface area contributed by atoms with E-state index in [0.717, 1.165) is 42.4 Å². The minimum absolute atomic E-state index is 0.0657. The minimum Gasteiger partial charge on any atom is -0.352 e. The Hall–Kier alpha value is -2.04. The molecule has 0 saturated heterocycles. The number of amides is 2. The van der Waals surface area contributed by atoms with Crippen molar-refractivity contribution in [2.75, 3.05) is 0 Å². The zero-order valence-corrected chi connectivity index (χ0v) is 19.7. The van der Waals surface area contributed by atoms with Crippen molar-refractivity contribution in [3.8, 4) is 0 Å². The second kappa shape index (κ2) is 11.0. The van der Waals surface area contributed by atoms with Crippen molar-refractivity contribution in [2.24, 2.45) is 0 Å². The van der Waals surface area contributed by atoms with Crippen LogP contribution in [0.25, 0.3) is 0 Å². The fraction of sp³-hybridized carbons (Fsp3) is 0.440. The van der Waals surface area contributed by atoms with Gasteiger partial charge in [-0.05, 0) is 49.4 Å². The van der Waals surface area contributed by atoms with Crippen LogP contribution in [0.3, 0.4) is 0 Å². The fourth-order valence-corrected chi connectivity index (χ4v) is 4.42. The van der Waals surface area contributed by atoms with Gasteiger partial charge in [-0.3, -0.25) is 9.59 Å². The summed E-state index contributed by atoms with van der Waals surface area (Å²) in [6.45, 7) is 4.37. The number of rotatable bonds is 8. The second-order valence-corrected chi connectivity index (χ2v) is 9.16.